The van der Waals surface area contributed by atoms with Gasteiger partial charge in [-0.3, -0.25) is 5.84 Å². The van der Waals surface area contributed by atoms with E-state index in [0.29, 0.717) is 19.8 Å². The molecule has 0 saturated carbocycles. The van der Waals surface area contributed by atoms with Crippen molar-refractivity contribution in [2.24, 2.45) is 5.84 Å². The van der Waals surface area contributed by atoms with Crippen molar-refractivity contribution in [3.63, 3.8) is 0 Å². The summed E-state index contributed by atoms with van der Waals surface area (Å²) in [5.74, 6) is 5.62. The second-order valence-electron chi connectivity index (χ2n) is 4.29. The Hall–Kier alpha value is -1.73. The third kappa shape index (κ3) is 3.64. The van der Waals surface area contributed by atoms with Crippen molar-refractivity contribution in [3.8, 4) is 5.69 Å². The van der Waals surface area contributed by atoms with Gasteiger partial charge in [-0.25, -0.2) is 10.1 Å². The molecule has 20 heavy (non-hydrogen) atoms. The summed E-state index contributed by atoms with van der Waals surface area (Å²) < 4.78 is 12.3. The Morgan fingerprint density at radius 2 is 2.05 bits per heavy atom. The van der Waals surface area contributed by atoms with E-state index in [9.17, 15) is 0 Å². The first-order chi connectivity index (χ1) is 9.86. The van der Waals surface area contributed by atoms with Crippen LogP contribution in [0.15, 0.2) is 42.6 Å². The van der Waals surface area contributed by atoms with E-state index >= 15 is 0 Å². The van der Waals surface area contributed by atoms with E-state index in [1.54, 1.807) is 13.3 Å². The molecule has 0 amide bonds. The first-order valence-electron chi connectivity index (χ1n) is 6.49. The monoisotopic (exact) mass is 276 g/mol. The topological polar surface area (TPSA) is 74.3 Å². The van der Waals surface area contributed by atoms with Gasteiger partial charge in [0.05, 0.1) is 37.2 Å². The number of methoxy groups -OCH3 is 1. The molecular weight excluding hydrogens is 256 g/mol. The molecule has 0 fully saturated rings. The zero-order valence-corrected chi connectivity index (χ0v) is 11.5. The van der Waals surface area contributed by atoms with Crippen LogP contribution in [0.4, 0.5) is 0 Å². The van der Waals surface area contributed by atoms with Crippen LogP contribution in [-0.4, -0.2) is 36.7 Å². The number of rotatable bonds is 8. The zero-order chi connectivity index (χ0) is 14.2. The van der Waals surface area contributed by atoms with Crippen molar-refractivity contribution < 1.29 is 9.47 Å². The molecule has 2 aromatic rings. The highest BCUT2D eigenvalue weighted by Crippen LogP contribution is 2.17. The summed E-state index contributed by atoms with van der Waals surface area (Å²) in [6, 6.07) is 11.7. The largest absolute Gasteiger partial charge is 0.382 e. The molecule has 6 heteroatoms. The molecule has 1 aromatic carbocycles. The van der Waals surface area contributed by atoms with E-state index in [0.717, 1.165) is 11.4 Å². The lowest BCUT2D eigenvalue weighted by atomic mass is 10.2. The Labute approximate surface area is 118 Å². The van der Waals surface area contributed by atoms with Crippen LogP contribution in [0.3, 0.4) is 0 Å². The number of ether oxygens (including phenoxy) is 2. The van der Waals surface area contributed by atoms with Crippen LogP contribution in [0.5, 0.6) is 0 Å². The average Bonchev–Trinajstić information content (AvgIpc) is 2.98. The lowest BCUT2D eigenvalue weighted by molar-refractivity contribution is 0.0577. The van der Waals surface area contributed by atoms with Crippen molar-refractivity contribution in [2.45, 2.75) is 6.04 Å². The van der Waals surface area contributed by atoms with E-state index in [1.165, 1.54) is 0 Å². The lowest BCUT2D eigenvalue weighted by Crippen LogP contribution is -2.33. The summed E-state index contributed by atoms with van der Waals surface area (Å²) in [5.41, 5.74) is 4.71. The molecule has 1 atom stereocenters. The summed E-state index contributed by atoms with van der Waals surface area (Å²) in [5, 5.41) is 4.34. The molecule has 1 heterocycles. The number of para-hydroxylation sites is 1. The SMILES string of the molecule is COCCOCC(NN)c1ccnn1-c1ccccc1. The Bertz CT molecular complexity index is 501. The van der Waals surface area contributed by atoms with Crippen molar-refractivity contribution >= 4 is 0 Å². The summed E-state index contributed by atoms with van der Waals surface area (Å²) in [7, 11) is 1.65. The highest BCUT2D eigenvalue weighted by Gasteiger charge is 2.15. The van der Waals surface area contributed by atoms with Crippen molar-refractivity contribution in [1.82, 2.24) is 15.2 Å². The van der Waals surface area contributed by atoms with Crippen LogP contribution in [-0.2, 0) is 9.47 Å². The minimum absolute atomic E-state index is 0.130. The van der Waals surface area contributed by atoms with Gasteiger partial charge in [-0.05, 0) is 18.2 Å². The fraction of sp³-hybridized carbons (Fsp3) is 0.357. The maximum absolute atomic E-state index is 5.62. The second-order valence-corrected chi connectivity index (χ2v) is 4.29. The van der Waals surface area contributed by atoms with Crippen LogP contribution in [0.25, 0.3) is 5.69 Å². The van der Waals surface area contributed by atoms with Crippen LogP contribution < -0.4 is 11.3 Å². The molecule has 0 saturated heterocycles. The number of hydrazine groups is 1. The molecular formula is C14H20N4O2. The second kappa shape index (κ2) is 7.76. The lowest BCUT2D eigenvalue weighted by Gasteiger charge is -2.17. The van der Waals surface area contributed by atoms with E-state index in [2.05, 4.69) is 10.5 Å². The fourth-order valence-electron chi connectivity index (χ4n) is 1.92. The molecule has 0 aliphatic carbocycles. The van der Waals surface area contributed by atoms with Gasteiger partial charge < -0.3 is 9.47 Å². The number of nitrogens with one attached hydrogen (secondary N) is 1. The predicted molar refractivity (Wildman–Crippen MR) is 76.3 cm³/mol. The van der Waals surface area contributed by atoms with Gasteiger partial charge in [0.1, 0.15) is 0 Å². The van der Waals surface area contributed by atoms with Gasteiger partial charge in [-0.2, -0.15) is 5.10 Å². The zero-order valence-electron chi connectivity index (χ0n) is 11.5. The maximum atomic E-state index is 5.62. The molecule has 0 spiro atoms. The smallest absolute Gasteiger partial charge is 0.0866 e. The number of benzene rings is 1. The Kier molecular flexibility index (Phi) is 5.69. The highest BCUT2D eigenvalue weighted by molar-refractivity contribution is 5.33. The Morgan fingerprint density at radius 3 is 2.75 bits per heavy atom. The van der Waals surface area contributed by atoms with Crippen LogP contribution in [0.2, 0.25) is 0 Å². The van der Waals surface area contributed by atoms with Crippen molar-refractivity contribution in [3.05, 3.63) is 48.3 Å². The van der Waals surface area contributed by atoms with E-state index in [-0.39, 0.29) is 6.04 Å². The van der Waals surface area contributed by atoms with E-state index in [4.69, 9.17) is 15.3 Å². The number of nitrogens with zero attached hydrogens (tertiary/aromatic N) is 2. The molecule has 0 radical (unpaired) electrons. The summed E-state index contributed by atoms with van der Waals surface area (Å²) in [4.78, 5) is 0. The molecule has 108 valence electrons. The summed E-state index contributed by atoms with van der Waals surface area (Å²) in [6.45, 7) is 1.56. The van der Waals surface area contributed by atoms with Crippen molar-refractivity contribution in [1.29, 1.82) is 0 Å². The van der Waals surface area contributed by atoms with Crippen molar-refractivity contribution in [2.75, 3.05) is 26.9 Å². The van der Waals surface area contributed by atoms with Gasteiger partial charge in [0.2, 0.25) is 0 Å². The molecule has 1 unspecified atom stereocenters. The average molecular weight is 276 g/mol. The van der Waals surface area contributed by atoms with Gasteiger partial charge >= 0.3 is 0 Å². The molecule has 1 aromatic heterocycles. The standard InChI is InChI=1S/C14H20N4O2/c1-19-9-10-20-11-13(17-15)14-7-8-16-18(14)12-5-3-2-4-6-12/h2-8,13,17H,9-11,15H2,1H3. The predicted octanol–water partition coefficient (Wildman–Crippen LogP) is 1.04. The Morgan fingerprint density at radius 1 is 1.25 bits per heavy atom. The number of hydrogen-bond donors (Lipinski definition) is 2. The molecule has 0 bridgehead atoms. The van der Waals surface area contributed by atoms with Gasteiger partial charge in [0, 0.05) is 13.3 Å². The highest BCUT2D eigenvalue weighted by atomic mass is 16.5. The maximum Gasteiger partial charge on any atom is 0.0866 e. The quantitative estimate of drug-likeness (QED) is 0.428. The van der Waals surface area contributed by atoms with E-state index in [1.807, 2.05) is 41.1 Å². The van der Waals surface area contributed by atoms with Gasteiger partial charge in [-0.15, -0.1) is 0 Å². The first-order valence-corrected chi connectivity index (χ1v) is 6.49. The minimum Gasteiger partial charge on any atom is -0.382 e. The number of hydrogen-bond acceptors (Lipinski definition) is 5. The third-order valence-electron chi connectivity index (χ3n) is 2.95. The minimum atomic E-state index is -0.130. The van der Waals surface area contributed by atoms with Crippen LogP contribution in [0.1, 0.15) is 11.7 Å². The van der Waals surface area contributed by atoms with Crippen LogP contribution >= 0.6 is 0 Å². The Balaban J connectivity index is 2.09. The number of aromatic nitrogens is 2. The van der Waals surface area contributed by atoms with Gasteiger partial charge in [-0.1, -0.05) is 18.2 Å². The summed E-state index contributed by atoms with van der Waals surface area (Å²) in [6.07, 6.45) is 1.75. The molecule has 2 rings (SSSR count). The van der Waals surface area contributed by atoms with Gasteiger partial charge in [0.15, 0.2) is 0 Å². The molecule has 0 aliphatic heterocycles. The van der Waals surface area contributed by atoms with Crippen LogP contribution in [0, 0.1) is 0 Å². The molecule has 6 nitrogen and oxygen atoms in total. The third-order valence-corrected chi connectivity index (χ3v) is 2.95. The normalized spacial score (nSPS) is 12.5. The summed E-state index contributed by atoms with van der Waals surface area (Å²) >= 11 is 0. The molecule has 0 aliphatic rings. The van der Waals surface area contributed by atoms with E-state index < -0.39 is 0 Å². The van der Waals surface area contributed by atoms with Gasteiger partial charge in [0.25, 0.3) is 0 Å². The fourth-order valence-corrected chi connectivity index (χ4v) is 1.92. The first kappa shape index (κ1) is 14.7. The molecule has 3 N–H and O–H groups in total. The number of nitrogens with two attached hydrogens (primary N) is 1.